The standard InChI is InChI=1S/C20H17N3O4/c24-19(21-22-20(25)17-11-6-7-13-23(17)26)14-27-18-12-5-4-10-16(18)15-8-2-1-3-9-15/h1-13H,14H2,(H,21,24)(H,22,25). The molecule has 3 aromatic rings. The van der Waals surface area contributed by atoms with Crippen LogP contribution in [0.1, 0.15) is 10.5 Å². The number of amides is 2. The molecule has 0 saturated carbocycles. The number of para-hydroxylation sites is 1. The van der Waals surface area contributed by atoms with Gasteiger partial charge in [0, 0.05) is 17.7 Å². The van der Waals surface area contributed by atoms with Crippen molar-refractivity contribution in [3.8, 4) is 16.9 Å². The number of hydrazine groups is 1. The highest BCUT2D eigenvalue weighted by Gasteiger charge is 2.16. The number of aromatic nitrogens is 1. The van der Waals surface area contributed by atoms with E-state index >= 15 is 0 Å². The first-order valence-electron chi connectivity index (χ1n) is 8.20. The molecule has 27 heavy (non-hydrogen) atoms. The lowest BCUT2D eigenvalue weighted by Gasteiger charge is -2.12. The molecule has 0 radical (unpaired) electrons. The summed E-state index contributed by atoms with van der Waals surface area (Å²) in [4.78, 5) is 23.8. The van der Waals surface area contributed by atoms with Crippen LogP contribution in [0.15, 0.2) is 79.0 Å². The second kappa shape index (κ2) is 8.48. The van der Waals surface area contributed by atoms with Gasteiger partial charge in [-0.3, -0.25) is 20.4 Å². The summed E-state index contributed by atoms with van der Waals surface area (Å²) in [6.07, 6.45) is 1.19. The van der Waals surface area contributed by atoms with E-state index in [-0.39, 0.29) is 12.3 Å². The minimum atomic E-state index is -0.719. The fraction of sp³-hybridized carbons (Fsp3) is 0.0500. The zero-order valence-electron chi connectivity index (χ0n) is 14.3. The molecule has 0 saturated heterocycles. The highest BCUT2D eigenvalue weighted by molar-refractivity contribution is 5.92. The van der Waals surface area contributed by atoms with Gasteiger partial charge in [-0.2, -0.15) is 4.73 Å². The predicted octanol–water partition coefficient (Wildman–Crippen LogP) is 1.83. The van der Waals surface area contributed by atoms with Crippen molar-refractivity contribution in [1.29, 1.82) is 0 Å². The summed E-state index contributed by atoms with van der Waals surface area (Å²) in [6.45, 7) is -0.295. The van der Waals surface area contributed by atoms with Crippen molar-refractivity contribution in [2.24, 2.45) is 0 Å². The predicted molar refractivity (Wildman–Crippen MR) is 98.4 cm³/mol. The molecular weight excluding hydrogens is 346 g/mol. The third-order valence-corrected chi connectivity index (χ3v) is 3.70. The van der Waals surface area contributed by atoms with Crippen LogP contribution >= 0.6 is 0 Å². The first-order valence-corrected chi connectivity index (χ1v) is 8.20. The van der Waals surface area contributed by atoms with Crippen LogP contribution in [0, 0.1) is 5.21 Å². The largest absolute Gasteiger partial charge is 0.618 e. The summed E-state index contributed by atoms with van der Waals surface area (Å²) in [5, 5.41) is 11.5. The molecule has 2 N–H and O–H groups in total. The van der Waals surface area contributed by atoms with Crippen LogP contribution in [-0.4, -0.2) is 18.4 Å². The molecule has 2 amide bonds. The van der Waals surface area contributed by atoms with Gasteiger partial charge in [-0.05, 0) is 17.7 Å². The van der Waals surface area contributed by atoms with Gasteiger partial charge in [-0.1, -0.05) is 48.5 Å². The van der Waals surface area contributed by atoms with E-state index in [2.05, 4.69) is 10.9 Å². The lowest BCUT2D eigenvalue weighted by atomic mass is 10.1. The molecule has 0 aliphatic rings. The molecule has 0 bridgehead atoms. The van der Waals surface area contributed by atoms with Gasteiger partial charge in [0.15, 0.2) is 12.8 Å². The molecular formula is C20H17N3O4. The Morgan fingerprint density at radius 2 is 1.59 bits per heavy atom. The second-order valence-electron chi connectivity index (χ2n) is 5.56. The number of rotatable bonds is 5. The highest BCUT2D eigenvalue weighted by atomic mass is 16.5. The molecule has 0 spiro atoms. The van der Waals surface area contributed by atoms with E-state index in [9.17, 15) is 14.8 Å². The third kappa shape index (κ3) is 4.60. The highest BCUT2D eigenvalue weighted by Crippen LogP contribution is 2.29. The average molecular weight is 363 g/mol. The number of pyridine rings is 1. The van der Waals surface area contributed by atoms with Crippen molar-refractivity contribution in [1.82, 2.24) is 10.9 Å². The van der Waals surface area contributed by atoms with Crippen LogP contribution in [0.3, 0.4) is 0 Å². The maximum atomic E-state index is 11.9. The molecule has 0 aliphatic heterocycles. The minimum Gasteiger partial charge on any atom is -0.618 e. The number of hydrogen-bond acceptors (Lipinski definition) is 4. The zero-order chi connectivity index (χ0) is 19.1. The van der Waals surface area contributed by atoms with Gasteiger partial charge in [0.2, 0.25) is 0 Å². The Labute approximate surface area is 155 Å². The van der Waals surface area contributed by atoms with Crippen molar-refractivity contribution in [2.45, 2.75) is 0 Å². The average Bonchev–Trinajstić information content (AvgIpc) is 2.71. The molecule has 0 aliphatic carbocycles. The first kappa shape index (κ1) is 17.9. The number of ether oxygens (including phenoxy) is 1. The molecule has 136 valence electrons. The van der Waals surface area contributed by atoms with E-state index in [4.69, 9.17) is 4.74 Å². The van der Waals surface area contributed by atoms with Crippen molar-refractivity contribution in [2.75, 3.05) is 6.61 Å². The van der Waals surface area contributed by atoms with Gasteiger partial charge in [0.25, 0.3) is 11.6 Å². The summed E-state index contributed by atoms with van der Waals surface area (Å²) in [5.41, 5.74) is 6.09. The number of benzene rings is 2. The molecule has 1 aromatic heterocycles. The minimum absolute atomic E-state index is 0.131. The molecule has 7 heteroatoms. The van der Waals surface area contributed by atoms with Crippen molar-refractivity contribution in [3.63, 3.8) is 0 Å². The smallest absolute Gasteiger partial charge is 0.335 e. The fourth-order valence-electron chi connectivity index (χ4n) is 2.42. The van der Waals surface area contributed by atoms with Crippen LogP contribution in [0.2, 0.25) is 0 Å². The van der Waals surface area contributed by atoms with E-state index in [0.717, 1.165) is 11.1 Å². The summed E-state index contributed by atoms with van der Waals surface area (Å²) < 4.78 is 6.00. The zero-order valence-corrected chi connectivity index (χ0v) is 14.3. The topological polar surface area (TPSA) is 94.4 Å². The lowest BCUT2D eigenvalue weighted by Crippen LogP contribution is -2.47. The van der Waals surface area contributed by atoms with Crippen molar-refractivity contribution in [3.05, 3.63) is 89.9 Å². The fourth-order valence-corrected chi connectivity index (χ4v) is 2.42. The molecule has 3 rings (SSSR count). The Hall–Kier alpha value is -3.87. The van der Waals surface area contributed by atoms with Crippen LogP contribution in [-0.2, 0) is 4.79 Å². The van der Waals surface area contributed by atoms with Crippen LogP contribution in [0.4, 0.5) is 0 Å². The third-order valence-electron chi connectivity index (χ3n) is 3.70. The van der Waals surface area contributed by atoms with Gasteiger partial charge < -0.3 is 9.94 Å². The monoisotopic (exact) mass is 363 g/mol. The Bertz CT molecular complexity index is 945. The van der Waals surface area contributed by atoms with E-state index in [1.54, 1.807) is 12.1 Å². The van der Waals surface area contributed by atoms with Gasteiger partial charge >= 0.3 is 5.91 Å². The molecule has 0 unspecified atom stereocenters. The maximum Gasteiger partial charge on any atom is 0.335 e. The number of nitrogens with one attached hydrogen (secondary N) is 2. The molecule has 0 fully saturated rings. The van der Waals surface area contributed by atoms with Crippen molar-refractivity contribution >= 4 is 11.8 Å². The number of nitrogens with zero attached hydrogens (tertiary/aromatic N) is 1. The van der Waals surface area contributed by atoms with E-state index < -0.39 is 11.8 Å². The summed E-state index contributed by atoms with van der Waals surface area (Å²) in [7, 11) is 0. The number of carbonyl (C=O) groups is 2. The second-order valence-corrected chi connectivity index (χ2v) is 5.56. The van der Waals surface area contributed by atoms with E-state index in [0.29, 0.717) is 10.5 Å². The van der Waals surface area contributed by atoms with Crippen LogP contribution in [0.5, 0.6) is 5.75 Å². The summed E-state index contributed by atoms with van der Waals surface area (Å²) >= 11 is 0. The SMILES string of the molecule is O=C(COc1ccccc1-c1ccccc1)NNC(=O)c1cccc[n+]1[O-]. The van der Waals surface area contributed by atoms with E-state index in [1.807, 2.05) is 48.5 Å². The van der Waals surface area contributed by atoms with Gasteiger partial charge in [-0.15, -0.1) is 0 Å². The van der Waals surface area contributed by atoms with Gasteiger partial charge in [0.05, 0.1) is 0 Å². The lowest BCUT2D eigenvalue weighted by molar-refractivity contribution is -0.607. The summed E-state index contributed by atoms with van der Waals surface area (Å²) in [6, 6.07) is 21.4. The maximum absolute atomic E-state index is 11.9. The summed E-state index contributed by atoms with van der Waals surface area (Å²) in [5.74, 6) is -0.728. The van der Waals surface area contributed by atoms with Crippen molar-refractivity contribution < 1.29 is 19.1 Å². The quantitative estimate of drug-likeness (QED) is 0.411. The van der Waals surface area contributed by atoms with Gasteiger partial charge in [0.1, 0.15) is 5.75 Å². The number of carbonyl (C=O) groups excluding carboxylic acids is 2. The Kier molecular flexibility index (Phi) is 5.64. The molecule has 2 aromatic carbocycles. The Morgan fingerprint density at radius 1 is 0.889 bits per heavy atom. The normalized spacial score (nSPS) is 10.1. The molecule has 0 atom stereocenters. The van der Waals surface area contributed by atoms with Crippen LogP contribution in [0.25, 0.3) is 11.1 Å². The Balaban J connectivity index is 1.57. The molecule has 1 heterocycles. The van der Waals surface area contributed by atoms with Gasteiger partial charge in [-0.25, -0.2) is 0 Å². The van der Waals surface area contributed by atoms with E-state index in [1.165, 1.54) is 18.3 Å². The first-order chi connectivity index (χ1) is 13.1. The van der Waals surface area contributed by atoms with Crippen LogP contribution < -0.4 is 20.3 Å². The Morgan fingerprint density at radius 3 is 2.37 bits per heavy atom. The molecule has 7 nitrogen and oxygen atoms in total. The number of hydrogen-bond donors (Lipinski definition) is 2.